The van der Waals surface area contributed by atoms with Crippen molar-refractivity contribution >= 4 is 0 Å². The van der Waals surface area contributed by atoms with Crippen LogP contribution < -0.4 is 10.5 Å². The smallest absolute Gasteiger partial charge is 0.127 e. The quantitative estimate of drug-likeness (QED) is 0.434. The molecule has 28 heavy (non-hydrogen) atoms. The summed E-state index contributed by atoms with van der Waals surface area (Å²) < 4.78 is 6.50. The lowest BCUT2D eigenvalue weighted by Crippen LogP contribution is -2.45. The molecule has 156 valence electrons. The number of hydrogen-bond acceptors (Lipinski definition) is 3. The lowest BCUT2D eigenvalue weighted by molar-refractivity contribution is 0.00731. The number of nitrogens with two attached hydrogens (primary N) is 1. The van der Waals surface area contributed by atoms with Crippen LogP contribution in [0.4, 0.5) is 0 Å². The zero-order chi connectivity index (χ0) is 20.5. The molecule has 0 fully saturated rings. The minimum Gasteiger partial charge on any atom is -0.508 e. The maximum Gasteiger partial charge on any atom is 0.127 e. The Balaban J connectivity index is 1.93. The molecule has 3 nitrogen and oxygen atoms in total. The molecule has 1 aromatic rings. The monoisotopic (exact) mass is 385 g/mol. The van der Waals surface area contributed by atoms with Gasteiger partial charge in [0.25, 0.3) is 0 Å². The second-order valence-corrected chi connectivity index (χ2v) is 10.0. The Labute approximate surface area is 171 Å². The third-order valence-corrected chi connectivity index (χ3v) is 7.08. The minimum absolute atomic E-state index is 0.0273. The first kappa shape index (κ1) is 21.2. The van der Waals surface area contributed by atoms with Crippen molar-refractivity contribution in [1.82, 2.24) is 0 Å². The summed E-state index contributed by atoms with van der Waals surface area (Å²) in [5.74, 6) is 1.93. The number of ether oxygens (including phenoxy) is 1. The van der Waals surface area contributed by atoms with Gasteiger partial charge in [0.1, 0.15) is 17.1 Å². The Morgan fingerprint density at radius 2 is 1.96 bits per heavy atom. The topological polar surface area (TPSA) is 55.5 Å². The maximum atomic E-state index is 11.0. The predicted octanol–water partition coefficient (Wildman–Crippen LogP) is 6.19. The number of unbranched alkanes of at least 4 members (excludes halogenated alkanes) is 3. The van der Waals surface area contributed by atoms with Gasteiger partial charge in [-0.05, 0) is 56.2 Å². The zero-order valence-electron chi connectivity index (χ0n) is 18.5. The first-order chi connectivity index (χ1) is 13.2. The van der Waals surface area contributed by atoms with Crippen molar-refractivity contribution in [1.29, 1.82) is 0 Å². The molecule has 1 unspecified atom stereocenters. The molecule has 0 amide bonds. The summed E-state index contributed by atoms with van der Waals surface area (Å²) >= 11 is 0. The van der Waals surface area contributed by atoms with Crippen LogP contribution in [-0.4, -0.2) is 17.3 Å². The fourth-order valence-electron chi connectivity index (χ4n) is 5.16. The van der Waals surface area contributed by atoms with Gasteiger partial charge in [0.2, 0.25) is 0 Å². The van der Waals surface area contributed by atoms with Crippen LogP contribution in [0.1, 0.15) is 96.6 Å². The van der Waals surface area contributed by atoms with E-state index in [1.54, 1.807) is 0 Å². The SMILES string of the molecule is CCCCCCC(C)(C)c1cc(O)c2c(c1)OC(C)(C)[C@H]1CC=C(CN)CC21. The van der Waals surface area contributed by atoms with Gasteiger partial charge in [-0.2, -0.15) is 0 Å². The van der Waals surface area contributed by atoms with Gasteiger partial charge < -0.3 is 15.6 Å². The van der Waals surface area contributed by atoms with E-state index >= 15 is 0 Å². The van der Waals surface area contributed by atoms with E-state index in [1.807, 2.05) is 6.07 Å². The number of allylic oxidation sites excluding steroid dienone is 1. The number of rotatable bonds is 7. The predicted molar refractivity (Wildman–Crippen MR) is 117 cm³/mol. The highest BCUT2D eigenvalue weighted by Gasteiger charge is 2.46. The third kappa shape index (κ3) is 4.10. The number of phenols is 1. The van der Waals surface area contributed by atoms with Crippen molar-refractivity contribution in [3.8, 4) is 11.5 Å². The minimum atomic E-state index is -0.245. The highest BCUT2D eigenvalue weighted by molar-refractivity contribution is 5.54. The molecule has 0 bridgehead atoms. The Hall–Kier alpha value is -1.48. The van der Waals surface area contributed by atoms with Crippen LogP contribution in [0.15, 0.2) is 23.8 Å². The molecule has 3 rings (SSSR count). The van der Waals surface area contributed by atoms with E-state index in [0.717, 1.165) is 30.6 Å². The number of hydrogen-bond donors (Lipinski definition) is 2. The maximum absolute atomic E-state index is 11.0. The Morgan fingerprint density at radius 1 is 1.21 bits per heavy atom. The summed E-state index contributed by atoms with van der Waals surface area (Å²) in [5.41, 5.74) is 9.19. The van der Waals surface area contributed by atoms with Gasteiger partial charge in [-0.1, -0.05) is 58.1 Å². The van der Waals surface area contributed by atoms with Crippen molar-refractivity contribution in [2.45, 2.75) is 96.5 Å². The van der Waals surface area contributed by atoms with E-state index in [2.05, 4.69) is 46.8 Å². The van der Waals surface area contributed by atoms with Gasteiger partial charge in [-0.15, -0.1) is 0 Å². The van der Waals surface area contributed by atoms with Gasteiger partial charge in [-0.3, -0.25) is 0 Å². The fraction of sp³-hybridized carbons (Fsp3) is 0.680. The van der Waals surface area contributed by atoms with E-state index in [9.17, 15) is 5.11 Å². The molecule has 0 saturated heterocycles. The average Bonchev–Trinajstić information content (AvgIpc) is 2.63. The number of fused-ring (bicyclic) bond motifs is 3. The number of benzene rings is 1. The molecule has 3 N–H and O–H groups in total. The van der Waals surface area contributed by atoms with Crippen LogP contribution in [0.25, 0.3) is 0 Å². The van der Waals surface area contributed by atoms with E-state index in [0.29, 0.717) is 18.2 Å². The van der Waals surface area contributed by atoms with Crippen LogP contribution in [0.5, 0.6) is 11.5 Å². The number of phenolic OH excluding ortho intramolecular Hbond substituents is 1. The normalized spacial score (nSPS) is 23.4. The highest BCUT2D eigenvalue weighted by Crippen LogP contribution is 2.54. The third-order valence-electron chi connectivity index (χ3n) is 7.08. The van der Waals surface area contributed by atoms with E-state index in [4.69, 9.17) is 10.5 Å². The fourth-order valence-corrected chi connectivity index (χ4v) is 5.16. The summed E-state index contributed by atoms with van der Waals surface area (Å²) in [6.45, 7) is 11.8. The lowest BCUT2D eigenvalue weighted by Gasteiger charge is -2.47. The van der Waals surface area contributed by atoms with Crippen molar-refractivity contribution < 1.29 is 9.84 Å². The van der Waals surface area contributed by atoms with Crippen LogP contribution in [0.2, 0.25) is 0 Å². The van der Waals surface area contributed by atoms with Crippen molar-refractivity contribution in [3.05, 3.63) is 34.9 Å². The van der Waals surface area contributed by atoms with Gasteiger partial charge in [-0.25, -0.2) is 0 Å². The molecule has 0 spiro atoms. The second-order valence-electron chi connectivity index (χ2n) is 10.0. The molecule has 0 saturated carbocycles. The Bertz CT molecular complexity index is 732. The molecular weight excluding hydrogens is 346 g/mol. The highest BCUT2D eigenvalue weighted by atomic mass is 16.5. The largest absolute Gasteiger partial charge is 0.508 e. The Kier molecular flexibility index (Phi) is 6.14. The summed E-state index contributed by atoms with van der Waals surface area (Å²) in [4.78, 5) is 0. The summed E-state index contributed by atoms with van der Waals surface area (Å²) in [5, 5.41) is 11.0. The molecule has 1 aliphatic carbocycles. The van der Waals surface area contributed by atoms with Gasteiger partial charge in [0, 0.05) is 23.9 Å². The van der Waals surface area contributed by atoms with E-state index in [1.165, 1.54) is 36.8 Å². The number of aromatic hydroxyl groups is 1. The molecule has 2 atom stereocenters. The van der Waals surface area contributed by atoms with E-state index in [-0.39, 0.29) is 16.9 Å². The van der Waals surface area contributed by atoms with Crippen molar-refractivity contribution in [2.24, 2.45) is 11.7 Å². The standard InChI is InChI=1S/C25H39NO2/c1-6-7-8-9-12-24(2,3)18-14-21(27)23-19-13-17(16-26)10-11-20(19)25(4,5)28-22(23)15-18/h10,14-15,19-20,27H,6-9,11-13,16,26H2,1-5H3/t19?,20-/m0/s1. The lowest BCUT2D eigenvalue weighted by atomic mass is 9.66. The summed E-state index contributed by atoms with van der Waals surface area (Å²) in [6, 6.07) is 4.20. The Morgan fingerprint density at radius 3 is 2.64 bits per heavy atom. The van der Waals surface area contributed by atoms with Crippen LogP contribution in [-0.2, 0) is 5.41 Å². The van der Waals surface area contributed by atoms with E-state index < -0.39 is 0 Å². The van der Waals surface area contributed by atoms with Crippen LogP contribution in [0.3, 0.4) is 0 Å². The first-order valence-electron chi connectivity index (χ1n) is 11.1. The van der Waals surface area contributed by atoms with Crippen molar-refractivity contribution in [2.75, 3.05) is 6.54 Å². The van der Waals surface area contributed by atoms with Crippen molar-refractivity contribution in [3.63, 3.8) is 0 Å². The van der Waals surface area contributed by atoms with Gasteiger partial charge >= 0.3 is 0 Å². The zero-order valence-corrected chi connectivity index (χ0v) is 18.5. The first-order valence-corrected chi connectivity index (χ1v) is 11.1. The molecule has 3 heteroatoms. The molecule has 0 aromatic heterocycles. The molecule has 1 aliphatic heterocycles. The molecule has 1 heterocycles. The second kappa shape index (κ2) is 8.10. The molecule has 1 aromatic carbocycles. The van der Waals surface area contributed by atoms with Crippen LogP contribution >= 0.6 is 0 Å². The average molecular weight is 386 g/mol. The molecule has 0 radical (unpaired) electrons. The van der Waals surface area contributed by atoms with Gasteiger partial charge in [0.05, 0.1) is 0 Å². The summed E-state index contributed by atoms with van der Waals surface area (Å²) in [6.07, 6.45) is 10.3. The van der Waals surface area contributed by atoms with Gasteiger partial charge in [0.15, 0.2) is 0 Å². The molecule has 2 aliphatic rings. The van der Waals surface area contributed by atoms with Crippen LogP contribution in [0, 0.1) is 5.92 Å². The molecular formula is C25H39NO2. The summed E-state index contributed by atoms with van der Waals surface area (Å²) in [7, 11) is 0.